The molecule has 2 N–H and O–H groups in total. The van der Waals surface area contributed by atoms with Crippen LogP contribution < -0.4 is 10.6 Å². The Kier molecular flexibility index (Phi) is 4.88. The summed E-state index contributed by atoms with van der Waals surface area (Å²) in [5, 5.41) is 5.42. The lowest BCUT2D eigenvalue weighted by atomic mass is 10.1. The lowest BCUT2D eigenvalue weighted by molar-refractivity contribution is 0.0977. The molecule has 21 heavy (non-hydrogen) atoms. The summed E-state index contributed by atoms with van der Waals surface area (Å²) in [6.45, 7) is 1.90. The Morgan fingerprint density at radius 1 is 1.24 bits per heavy atom. The summed E-state index contributed by atoms with van der Waals surface area (Å²) in [6.07, 6.45) is 0. The van der Waals surface area contributed by atoms with Crippen LogP contribution in [0.2, 0.25) is 5.02 Å². The second kappa shape index (κ2) is 6.65. The number of carbonyl (C=O) groups excluding carboxylic acids is 1. The molecule has 2 aromatic rings. The van der Waals surface area contributed by atoms with Gasteiger partial charge in [-0.15, -0.1) is 0 Å². The first-order valence-electron chi connectivity index (χ1n) is 6.10. The molecule has 0 aromatic heterocycles. The quantitative estimate of drug-likeness (QED) is 0.824. The Morgan fingerprint density at radius 3 is 2.67 bits per heavy atom. The van der Waals surface area contributed by atoms with Gasteiger partial charge in [-0.1, -0.05) is 29.3 Å². The molecule has 0 bridgehead atoms. The Morgan fingerprint density at radius 2 is 2.00 bits per heavy atom. The van der Waals surface area contributed by atoms with E-state index in [1.807, 2.05) is 13.0 Å². The molecule has 0 aliphatic carbocycles. The van der Waals surface area contributed by atoms with E-state index in [2.05, 4.69) is 10.6 Å². The first-order valence-corrected chi connectivity index (χ1v) is 6.88. The molecule has 0 aliphatic rings. The van der Waals surface area contributed by atoms with Gasteiger partial charge in [0.15, 0.2) is 5.11 Å². The Hall–Kier alpha value is -1.98. The van der Waals surface area contributed by atoms with E-state index in [0.717, 1.165) is 5.56 Å². The van der Waals surface area contributed by atoms with Crippen LogP contribution in [0.15, 0.2) is 42.5 Å². The average molecular weight is 323 g/mol. The number of hydrogen-bond acceptors (Lipinski definition) is 2. The number of benzene rings is 2. The predicted octanol–water partition coefficient (Wildman–Crippen LogP) is 3.91. The minimum absolute atomic E-state index is 0.0205. The number of carbonyl (C=O) groups is 1. The summed E-state index contributed by atoms with van der Waals surface area (Å²) in [7, 11) is 0. The van der Waals surface area contributed by atoms with E-state index in [4.69, 9.17) is 23.8 Å². The molecule has 2 rings (SSSR count). The van der Waals surface area contributed by atoms with Gasteiger partial charge in [-0.3, -0.25) is 10.1 Å². The van der Waals surface area contributed by atoms with Crippen molar-refractivity contribution in [2.75, 3.05) is 5.32 Å². The predicted molar refractivity (Wildman–Crippen MR) is 86.3 cm³/mol. The zero-order valence-corrected chi connectivity index (χ0v) is 12.7. The molecule has 0 heterocycles. The fourth-order valence-electron chi connectivity index (χ4n) is 1.70. The maximum absolute atomic E-state index is 13.0. The van der Waals surface area contributed by atoms with Crippen molar-refractivity contribution in [3.63, 3.8) is 0 Å². The van der Waals surface area contributed by atoms with Crippen molar-refractivity contribution in [3.8, 4) is 0 Å². The van der Waals surface area contributed by atoms with E-state index in [-0.39, 0.29) is 16.0 Å². The fraction of sp³-hybridized carbons (Fsp3) is 0.0667. The topological polar surface area (TPSA) is 41.1 Å². The number of anilines is 1. The van der Waals surface area contributed by atoms with Crippen molar-refractivity contribution in [2.45, 2.75) is 6.92 Å². The van der Waals surface area contributed by atoms with Gasteiger partial charge in [-0.25, -0.2) is 4.39 Å². The molecule has 3 nitrogen and oxygen atoms in total. The molecule has 1 amide bonds. The summed E-state index contributed by atoms with van der Waals surface area (Å²) in [5.41, 5.74) is 1.99. The largest absolute Gasteiger partial charge is 0.332 e. The maximum atomic E-state index is 13.0. The average Bonchev–Trinajstić information content (AvgIpc) is 2.43. The van der Waals surface area contributed by atoms with E-state index in [0.29, 0.717) is 11.3 Å². The van der Waals surface area contributed by atoms with Gasteiger partial charge in [0, 0.05) is 11.3 Å². The fourth-order valence-corrected chi connectivity index (χ4v) is 2.09. The van der Waals surface area contributed by atoms with Crippen LogP contribution >= 0.6 is 23.8 Å². The van der Waals surface area contributed by atoms with Crippen LogP contribution in [0.1, 0.15) is 15.9 Å². The first-order chi connectivity index (χ1) is 9.95. The molecule has 0 fully saturated rings. The lowest BCUT2D eigenvalue weighted by Crippen LogP contribution is -2.34. The third-order valence-corrected chi connectivity index (χ3v) is 3.18. The lowest BCUT2D eigenvalue weighted by Gasteiger charge is -2.10. The third kappa shape index (κ3) is 4.24. The van der Waals surface area contributed by atoms with Gasteiger partial charge < -0.3 is 5.32 Å². The molecule has 0 atom stereocenters. The molecular weight excluding hydrogens is 311 g/mol. The van der Waals surface area contributed by atoms with Crippen LogP contribution in [0.3, 0.4) is 0 Å². The normalized spacial score (nSPS) is 10.0. The zero-order chi connectivity index (χ0) is 15.4. The molecule has 108 valence electrons. The van der Waals surface area contributed by atoms with Crippen LogP contribution in [-0.4, -0.2) is 11.0 Å². The molecule has 0 spiro atoms. The second-order valence-electron chi connectivity index (χ2n) is 4.41. The molecule has 0 radical (unpaired) electrons. The second-order valence-corrected chi connectivity index (χ2v) is 5.22. The number of rotatable bonds is 2. The van der Waals surface area contributed by atoms with Crippen LogP contribution in [0, 0.1) is 12.7 Å². The number of halogens is 2. The van der Waals surface area contributed by atoms with Gasteiger partial charge in [0.1, 0.15) is 5.82 Å². The highest BCUT2D eigenvalue weighted by molar-refractivity contribution is 7.80. The van der Waals surface area contributed by atoms with E-state index >= 15 is 0 Å². The first kappa shape index (κ1) is 15.4. The van der Waals surface area contributed by atoms with Crippen LogP contribution in [0.5, 0.6) is 0 Å². The molecule has 0 unspecified atom stereocenters. The van der Waals surface area contributed by atoms with Crippen molar-refractivity contribution < 1.29 is 9.18 Å². The van der Waals surface area contributed by atoms with E-state index in [1.165, 1.54) is 18.2 Å². The highest BCUT2D eigenvalue weighted by atomic mass is 35.5. The molecule has 0 saturated heterocycles. The van der Waals surface area contributed by atoms with Crippen LogP contribution in [0.25, 0.3) is 0 Å². The maximum Gasteiger partial charge on any atom is 0.257 e. The smallest absolute Gasteiger partial charge is 0.257 e. The number of nitrogens with one attached hydrogen (secondary N) is 2. The number of hydrogen-bond donors (Lipinski definition) is 2. The van der Waals surface area contributed by atoms with Crippen molar-refractivity contribution in [2.24, 2.45) is 0 Å². The SMILES string of the molecule is Cc1cccc(C(=O)NC(=S)Nc2ccc(F)c(Cl)c2)c1. The van der Waals surface area contributed by atoms with Crippen molar-refractivity contribution in [1.82, 2.24) is 5.32 Å². The Labute approximate surface area is 132 Å². The van der Waals surface area contributed by atoms with Gasteiger partial charge in [-0.2, -0.15) is 0 Å². The number of thiocarbonyl (C=S) groups is 1. The van der Waals surface area contributed by atoms with Gasteiger partial charge in [0.25, 0.3) is 5.91 Å². The van der Waals surface area contributed by atoms with Gasteiger partial charge >= 0.3 is 0 Å². The molecule has 6 heteroatoms. The Bertz CT molecular complexity index is 706. The molecular formula is C15H12ClFN2OS. The standard InChI is InChI=1S/C15H12ClFN2OS/c1-9-3-2-4-10(7-9)14(20)19-15(21)18-11-5-6-13(17)12(16)8-11/h2-8H,1H3,(H2,18,19,20,21). The molecule has 2 aromatic carbocycles. The molecule has 0 saturated carbocycles. The van der Waals surface area contributed by atoms with Gasteiger partial charge in [0.05, 0.1) is 5.02 Å². The van der Waals surface area contributed by atoms with E-state index < -0.39 is 5.82 Å². The number of aryl methyl sites for hydroxylation is 1. The minimum Gasteiger partial charge on any atom is -0.332 e. The minimum atomic E-state index is -0.517. The number of amides is 1. The summed E-state index contributed by atoms with van der Waals surface area (Å²) in [6, 6.07) is 11.2. The summed E-state index contributed by atoms with van der Waals surface area (Å²) in [5.74, 6) is -0.832. The van der Waals surface area contributed by atoms with Crippen LogP contribution in [-0.2, 0) is 0 Å². The summed E-state index contributed by atoms with van der Waals surface area (Å²) < 4.78 is 13.0. The van der Waals surface area contributed by atoms with Crippen molar-refractivity contribution >= 4 is 40.5 Å². The van der Waals surface area contributed by atoms with E-state index in [9.17, 15) is 9.18 Å². The summed E-state index contributed by atoms with van der Waals surface area (Å²) in [4.78, 5) is 12.0. The highest BCUT2D eigenvalue weighted by Crippen LogP contribution is 2.19. The van der Waals surface area contributed by atoms with Crippen molar-refractivity contribution in [3.05, 3.63) is 64.4 Å². The Balaban J connectivity index is 2.01. The zero-order valence-electron chi connectivity index (χ0n) is 11.1. The van der Waals surface area contributed by atoms with Gasteiger partial charge in [-0.05, 0) is 49.5 Å². The van der Waals surface area contributed by atoms with Gasteiger partial charge in [0.2, 0.25) is 0 Å². The summed E-state index contributed by atoms with van der Waals surface area (Å²) >= 11 is 10.7. The van der Waals surface area contributed by atoms with E-state index in [1.54, 1.807) is 18.2 Å². The molecule has 0 aliphatic heterocycles. The van der Waals surface area contributed by atoms with Crippen molar-refractivity contribution in [1.29, 1.82) is 0 Å². The monoisotopic (exact) mass is 322 g/mol. The van der Waals surface area contributed by atoms with Crippen LogP contribution in [0.4, 0.5) is 10.1 Å². The third-order valence-electron chi connectivity index (χ3n) is 2.68. The highest BCUT2D eigenvalue weighted by Gasteiger charge is 2.08.